The van der Waals surface area contributed by atoms with Gasteiger partial charge in [0.15, 0.2) is 0 Å². The predicted octanol–water partition coefficient (Wildman–Crippen LogP) is 0.624. The highest BCUT2D eigenvalue weighted by molar-refractivity contribution is 8.00. The van der Waals surface area contributed by atoms with Crippen molar-refractivity contribution in [2.45, 2.75) is 4.90 Å². The van der Waals surface area contributed by atoms with Gasteiger partial charge in [-0.25, -0.2) is 0 Å². The van der Waals surface area contributed by atoms with Crippen molar-refractivity contribution < 1.29 is 9.90 Å². The minimum absolute atomic E-state index is 0.00215. The highest BCUT2D eigenvalue weighted by Crippen LogP contribution is 2.16. The number of thioether (sulfide) groups is 1. The Bertz CT molecular complexity index is 306. The normalized spacial score (nSPS) is 10.0. The molecule has 15 heavy (non-hydrogen) atoms. The molecule has 0 atom stereocenters. The summed E-state index contributed by atoms with van der Waals surface area (Å²) >= 11 is 1.47. The van der Waals surface area contributed by atoms with E-state index in [9.17, 15) is 4.79 Å². The SMILES string of the molecule is CN(CCO)C(=O)CSc1ccncc1. The third-order valence-electron chi connectivity index (χ3n) is 1.87. The van der Waals surface area contributed by atoms with Gasteiger partial charge in [-0.1, -0.05) is 0 Å². The van der Waals surface area contributed by atoms with E-state index in [1.165, 1.54) is 16.7 Å². The van der Waals surface area contributed by atoms with E-state index in [0.29, 0.717) is 12.3 Å². The van der Waals surface area contributed by atoms with E-state index >= 15 is 0 Å². The van der Waals surface area contributed by atoms with Crippen LogP contribution in [0.3, 0.4) is 0 Å². The van der Waals surface area contributed by atoms with Crippen molar-refractivity contribution in [2.75, 3.05) is 26.0 Å². The van der Waals surface area contributed by atoms with Crippen molar-refractivity contribution >= 4 is 17.7 Å². The molecule has 0 bridgehead atoms. The molecular formula is C10H14N2O2S. The largest absolute Gasteiger partial charge is 0.395 e. The molecule has 0 aliphatic rings. The molecule has 0 fully saturated rings. The number of nitrogens with zero attached hydrogens (tertiary/aromatic N) is 2. The van der Waals surface area contributed by atoms with E-state index in [1.807, 2.05) is 12.1 Å². The number of amides is 1. The molecule has 82 valence electrons. The van der Waals surface area contributed by atoms with Crippen molar-refractivity contribution in [3.63, 3.8) is 0 Å². The Labute approximate surface area is 93.3 Å². The first-order valence-corrected chi connectivity index (χ1v) is 5.60. The van der Waals surface area contributed by atoms with Crippen LogP contribution in [-0.2, 0) is 4.79 Å². The zero-order valence-corrected chi connectivity index (χ0v) is 9.41. The van der Waals surface area contributed by atoms with Crippen LogP contribution in [0.4, 0.5) is 0 Å². The van der Waals surface area contributed by atoms with Crippen LogP contribution in [0.2, 0.25) is 0 Å². The van der Waals surface area contributed by atoms with E-state index in [2.05, 4.69) is 4.98 Å². The summed E-state index contributed by atoms with van der Waals surface area (Å²) in [6.07, 6.45) is 3.40. The van der Waals surface area contributed by atoms with Gasteiger partial charge in [0.25, 0.3) is 0 Å². The lowest BCUT2D eigenvalue weighted by Gasteiger charge is -2.14. The zero-order chi connectivity index (χ0) is 11.1. The van der Waals surface area contributed by atoms with Crippen LogP contribution < -0.4 is 0 Å². The van der Waals surface area contributed by atoms with E-state index < -0.39 is 0 Å². The molecule has 1 aromatic rings. The number of hydrogen-bond donors (Lipinski definition) is 1. The van der Waals surface area contributed by atoms with Gasteiger partial charge in [0.1, 0.15) is 0 Å². The summed E-state index contributed by atoms with van der Waals surface area (Å²) in [5.74, 6) is 0.409. The summed E-state index contributed by atoms with van der Waals surface area (Å²) in [5, 5.41) is 8.66. The van der Waals surface area contributed by atoms with Gasteiger partial charge in [0.2, 0.25) is 5.91 Å². The number of carbonyl (C=O) groups excluding carboxylic acids is 1. The molecule has 1 N–H and O–H groups in total. The predicted molar refractivity (Wildman–Crippen MR) is 59.7 cm³/mol. The Hall–Kier alpha value is -1.07. The standard InChI is InChI=1S/C10H14N2O2S/c1-12(6-7-13)10(14)8-15-9-2-4-11-5-3-9/h2-5,13H,6-8H2,1H3. The molecule has 0 saturated heterocycles. The fourth-order valence-electron chi connectivity index (χ4n) is 0.964. The molecule has 0 aliphatic heterocycles. The quantitative estimate of drug-likeness (QED) is 0.748. The summed E-state index contributed by atoms with van der Waals surface area (Å²) in [7, 11) is 1.69. The van der Waals surface area contributed by atoms with Crippen molar-refractivity contribution in [2.24, 2.45) is 0 Å². The van der Waals surface area contributed by atoms with Crippen molar-refractivity contribution in [3.05, 3.63) is 24.5 Å². The second-order valence-electron chi connectivity index (χ2n) is 3.01. The van der Waals surface area contributed by atoms with Gasteiger partial charge in [-0.3, -0.25) is 9.78 Å². The van der Waals surface area contributed by atoms with E-state index in [4.69, 9.17) is 5.11 Å². The molecule has 1 rings (SSSR count). The van der Waals surface area contributed by atoms with Crippen LogP contribution in [0.15, 0.2) is 29.4 Å². The molecule has 5 heteroatoms. The molecule has 0 aliphatic carbocycles. The topological polar surface area (TPSA) is 53.4 Å². The number of likely N-dealkylation sites (N-methyl/N-ethyl adjacent to an activating group) is 1. The van der Waals surface area contributed by atoms with Crippen molar-refractivity contribution in [1.29, 1.82) is 0 Å². The molecule has 4 nitrogen and oxygen atoms in total. The van der Waals surface area contributed by atoms with E-state index in [0.717, 1.165) is 4.90 Å². The first-order valence-electron chi connectivity index (χ1n) is 4.61. The summed E-state index contributed by atoms with van der Waals surface area (Å²) in [6, 6.07) is 3.73. The molecule has 1 amide bonds. The summed E-state index contributed by atoms with van der Waals surface area (Å²) in [6.45, 7) is 0.387. The van der Waals surface area contributed by atoms with Gasteiger partial charge >= 0.3 is 0 Å². The maximum atomic E-state index is 11.5. The molecular weight excluding hydrogens is 212 g/mol. The Kier molecular flexibility index (Phi) is 5.14. The monoisotopic (exact) mass is 226 g/mol. The first-order chi connectivity index (χ1) is 7.24. The first kappa shape index (κ1) is 12.0. The fraction of sp³-hybridized carbons (Fsp3) is 0.400. The van der Waals surface area contributed by atoms with Gasteiger partial charge in [-0.15, -0.1) is 11.8 Å². The highest BCUT2D eigenvalue weighted by Gasteiger charge is 2.07. The summed E-state index contributed by atoms with van der Waals surface area (Å²) in [4.78, 5) is 17.9. The number of aromatic nitrogens is 1. The van der Waals surface area contributed by atoms with E-state index in [-0.39, 0.29) is 12.5 Å². The molecule has 0 radical (unpaired) electrons. The van der Waals surface area contributed by atoms with Gasteiger partial charge in [0, 0.05) is 30.9 Å². The van der Waals surface area contributed by atoms with Gasteiger partial charge in [-0.05, 0) is 12.1 Å². The van der Waals surface area contributed by atoms with Crippen LogP contribution in [0.5, 0.6) is 0 Å². The highest BCUT2D eigenvalue weighted by atomic mass is 32.2. The molecule has 1 heterocycles. The van der Waals surface area contributed by atoms with Crippen molar-refractivity contribution in [1.82, 2.24) is 9.88 Å². The van der Waals surface area contributed by atoms with Crippen LogP contribution in [0.1, 0.15) is 0 Å². The van der Waals surface area contributed by atoms with Gasteiger partial charge in [0.05, 0.1) is 12.4 Å². The zero-order valence-electron chi connectivity index (χ0n) is 8.59. The smallest absolute Gasteiger partial charge is 0.232 e. The van der Waals surface area contributed by atoms with Crippen LogP contribution in [0.25, 0.3) is 0 Å². The number of pyridine rings is 1. The number of rotatable bonds is 5. The number of carbonyl (C=O) groups is 1. The average Bonchev–Trinajstić information content (AvgIpc) is 2.27. The molecule has 0 aromatic carbocycles. The minimum Gasteiger partial charge on any atom is -0.395 e. The Morgan fingerprint density at radius 3 is 2.80 bits per heavy atom. The maximum absolute atomic E-state index is 11.5. The molecule has 0 saturated carbocycles. The fourth-order valence-corrected chi connectivity index (χ4v) is 1.79. The van der Waals surface area contributed by atoms with Crippen LogP contribution in [0, 0.1) is 0 Å². The molecule has 1 aromatic heterocycles. The molecule has 0 unspecified atom stereocenters. The second kappa shape index (κ2) is 6.42. The Morgan fingerprint density at radius 2 is 2.20 bits per heavy atom. The summed E-state index contributed by atoms with van der Waals surface area (Å²) < 4.78 is 0. The third kappa shape index (κ3) is 4.31. The van der Waals surface area contributed by atoms with E-state index in [1.54, 1.807) is 19.4 Å². The Balaban J connectivity index is 2.34. The second-order valence-corrected chi connectivity index (χ2v) is 4.06. The van der Waals surface area contributed by atoms with Crippen LogP contribution >= 0.6 is 11.8 Å². The lowest BCUT2D eigenvalue weighted by atomic mass is 10.5. The van der Waals surface area contributed by atoms with Gasteiger partial charge in [-0.2, -0.15) is 0 Å². The Morgan fingerprint density at radius 1 is 1.53 bits per heavy atom. The lowest BCUT2D eigenvalue weighted by molar-refractivity contribution is -0.127. The maximum Gasteiger partial charge on any atom is 0.232 e. The lowest BCUT2D eigenvalue weighted by Crippen LogP contribution is -2.30. The molecule has 0 spiro atoms. The van der Waals surface area contributed by atoms with Crippen molar-refractivity contribution in [3.8, 4) is 0 Å². The number of hydrogen-bond acceptors (Lipinski definition) is 4. The minimum atomic E-state index is 0.00215. The average molecular weight is 226 g/mol. The van der Waals surface area contributed by atoms with Gasteiger partial charge < -0.3 is 10.0 Å². The number of aliphatic hydroxyl groups excluding tert-OH is 1. The van der Waals surface area contributed by atoms with Crippen LogP contribution in [-0.4, -0.2) is 46.8 Å². The summed E-state index contributed by atoms with van der Waals surface area (Å²) in [5.41, 5.74) is 0. The third-order valence-corrected chi connectivity index (χ3v) is 2.87. The number of aliphatic hydroxyl groups is 1.